The van der Waals surface area contributed by atoms with Gasteiger partial charge in [-0.2, -0.15) is 0 Å². The number of nitrogens with zero attached hydrogens (tertiary/aromatic N) is 2. The number of hydrogen-bond donors (Lipinski definition) is 0. The van der Waals surface area contributed by atoms with Gasteiger partial charge in [-0.3, -0.25) is 0 Å². The molecule has 390 valence electrons. The van der Waals surface area contributed by atoms with Crippen LogP contribution in [0.15, 0.2) is 291 Å². The summed E-state index contributed by atoms with van der Waals surface area (Å²) in [6.07, 6.45) is 0. The average molecular weight is 1050 g/mol. The molecule has 0 fully saturated rings. The van der Waals surface area contributed by atoms with E-state index < -0.39 is 0 Å². The summed E-state index contributed by atoms with van der Waals surface area (Å²) >= 11 is 0. The van der Waals surface area contributed by atoms with E-state index in [1.807, 2.05) is 0 Å². The molecule has 0 atom stereocenters. The van der Waals surface area contributed by atoms with Crippen LogP contribution in [0.25, 0.3) is 99.1 Å². The van der Waals surface area contributed by atoms with Crippen LogP contribution in [0, 0.1) is 27.7 Å². The van der Waals surface area contributed by atoms with E-state index in [0.717, 1.165) is 67.5 Å². The Morgan fingerprint density at radius 3 is 0.915 bits per heavy atom. The Morgan fingerprint density at radius 2 is 0.524 bits per heavy atom. The van der Waals surface area contributed by atoms with E-state index in [0.29, 0.717) is 0 Å². The standard InChI is InChI=1S/C80H60N2/c1-53-21-17-19-31-67(53)65-35-33-55(3)75(51-65)81(77-49-63(57-23-9-5-10-24-57)39-43-69(77)59-27-13-7-14-28-59)73-47-41-61-38-46-72-74(48-42-62-37-45-71(73)79(61)80(62)72)82(76-52-66(36-34-56(76)4)68-32-20-18-22-54(68)2)78-50-64(58-25-11-6-12-26-58)40-44-70(78)60-29-15-8-16-30-60/h5-52H,1-4H3. The Balaban J connectivity index is 1.07. The molecule has 0 N–H and O–H groups in total. The molecule has 0 aromatic heterocycles. The van der Waals surface area contributed by atoms with Gasteiger partial charge in [0.1, 0.15) is 0 Å². The number of hydrogen-bond acceptors (Lipinski definition) is 2. The molecule has 14 aromatic carbocycles. The lowest BCUT2D eigenvalue weighted by atomic mass is 9.90. The third-order valence-corrected chi connectivity index (χ3v) is 16.8. The van der Waals surface area contributed by atoms with Crippen LogP contribution in [0.1, 0.15) is 22.3 Å². The molecule has 0 amide bonds. The zero-order valence-electron chi connectivity index (χ0n) is 46.6. The molecule has 0 aliphatic heterocycles. The molecule has 2 nitrogen and oxygen atoms in total. The fraction of sp³-hybridized carbons (Fsp3) is 0.0500. The minimum absolute atomic E-state index is 1.11. The molecule has 0 radical (unpaired) electrons. The second-order valence-corrected chi connectivity index (χ2v) is 21.8. The molecule has 14 rings (SSSR count). The minimum atomic E-state index is 1.11. The quantitative estimate of drug-likeness (QED) is 0.113. The summed E-state index contributed by atoms with van der Waals surface area (Å²) in [5.74, 6) is 0. The number of benzene rings is 14. The van der Waals surface area contributed by atoms with Gasteiger partial charge in [-0.05, 0) is 164 Å². The van der Waals surface area contributed by atoms with Crippen molar-refractivity contribution in [3.8, 4) is 66.8 Å². The van der Waals surface area contributed by atoms with Crippen molar-refractivity contribution in [2.75, 3.05) is 9.80 Å². The van der Waals surface area contributed by atoms with Gasteiger partial charge in [0.2, 0.25) is 0 Å². The Labute approximate surface area is 481 Å². The normalized spacial score (nSPS) is 11.4. The maximum Gasteiger partial charge on any atom is 0.0546 e. The van der Waals surface area contributed by atoms with E-state index in [-0.39, 0.29) is 0 Å². The van der Waals surface area contributed by atoms with E-state index in [4.69, 9.17) is 0 Å². The average Bonchev–Trinajstić information content (AvgIpc) is 2.65. The van der Waals surface area contributed by atoms with Gasteiger partial charge in [0, 0.05) is 33.3 Å². The Hall–Kier alpha value is -10.3. The van der Waals surface area contributed by atoms with Crippen LogP contribution < -0.4 is 9.80 Å². The van der Waals surface area contributed by atoms with Crippen LogP contribution in [-0.4, -0.2) is 0 Å². The first-order valence-corrected chi connectivity index (χ1v) is 28.5. The summed E-state index contributed by atoms with van der Waals surface area (Å²) in [7, 11) is 0. The van der Waals surface area contributed by atoms with Crippen molar-refractivity contribution in [2.24, 2.45) is 0 Å². The van der Waals surface area contributed by atoms with Crippen molar-refractivity contribution >= 4 is 66.4 Å². The molecule has 0 spiro atoms. The highest BCUT2D eigenvalue weighted by molar-refractivity contribution is 6.28. The summed E-state index contributed by atoms with van der Waals surface area (Å²) < 4.78 is 0. The van der Waals surface area contributed by atoms with Crippen LogP contribution in [0.3, 0.4) is 0 Å². The highest BCUT2D eigenvalue weighted by Gasteiger charge is 2.27. The van der Waals surface area contributed by atoms with E-state index >= 15 is 0 Å². The topological polar surface area (TPSA) is 6.48 Å². The lowest BCUT2D eigenvalue weighted by Gasteiger charge is -2.33. The second-order valence-electron chi connectivity index (χ2n) is 21.8. The van der Waals surface area contributed by atoms with Gasteiger partial charge >= 0.3 is 0 Å². The SMILES string of the molecule is Cc1ccccc1-c1ccc(C)c(N(c2cc(-c3ccccc3)ccc2-c2ccccc2)c2ccc3ccc4c(N(c5cc(-c6ccccc6C)ccc5C)c5cc(-c6ccccc6)ccc5-c5ccccc5)ccc5ccc2c3c54)c1. The fourth-order valence-electron chi connectivity index (χ4n) is 12.5. The first-order chi connectivity index (χ1) is 40.3. The zero-order chi connectivity index (χ0) is 55.3. The third kappa shape index (κ3) is 8.96. The molecular formula is C80H60N2. The molecular weight excluding hydrogens is 989 g/mol. The summed E-state index contributed by atoms with van der Waals surface area (Å²) in [5, 5.41) is 7.22. The Kier molecular flexibility index (Phi) is 12.8. The molecule has 0 bridgehead atoms. The molecule has 0 unspecified atom stereocenters. The van der Waals surface area contributed by atoms with Gasteiger partial charge in [-0.15, -0.1) is 0 Å². The van der Waals surface area contributed by atoms with Gasteiger partial charge < -0.3 is 9.80 Å². The van der Waals surface area contributed by atoms with Gasteiger partial charge in [0.25, 0.3) is 0 Å². The van der Waals surface area contributed by atoms with Crippen LogP contribution in [0.2, 0.25) is 0 Å². The molecule has 0 heterocycles. The van der Waals surface area contributed by atoms with E-state index in [2.05, 4.69) is 329 Å². The van der Waals surface area contributed by atoms with Crippen molar-refractivity contribution in [3.05, 3.63) is 313 Å². The first-order valence-electron chi connectivity index (χ1n) is 28.5. The summed E-state index contributed by atoms with van der Waals surface area (Å²) in [6.45, 7) is 8.95. The van der Waals surface area contributed by atoms with E-state index in [1.54, 1.807) is 0 Å². The maximum absolute atomic E-state index is 2.56. The van der Waals surface area contributed by atoms with Crippen molar-refractivity contribution in [1.29, 1.82) is 0 Å². The van der Waals surface area contributed by atoms with Crippen LogP contribution in [0.4, 0.5) is 34.1 Å². The molecule has 82 heavy (non-hydrogen) atoms. The van der Waals surface area contributed by atoms with E-state index in [1.165, 1.54) is 88.0 Å². The zero-order valence-corrected chi connectivity index (χ0v) is 46.6. The lowest BCUT2D eigenvalue weighted by Crippen LogP contribution is -2.14. The maximum atomic E-state index is 2.56. The number of aryl methyl sites for hydroxylation is 4. The number of anilines is 6. The minimum Gasteiger partial charge on any atom is -0.309 e. The molecule has 0 saturated heterocycles. The fourth-order valence-corrected chi connectivity index (χ4v) is 12.5. The summed E-state index contributed by atoms with van der Waals surface area (Å²) in [5.41, 5.74) is 25.6. The Bertz CT molecular complexity index is 4360. The first kappa shape index (κ1) is 50.0. The third-order valence-electron chi connectivity index (χ3n) is 16.8. The largest absolute Gasteiger partial charge is 0.309 e. The van der Waals surface area contributed by atoms with Crippen LogP contribution in [0.5, 0.6) is 0 Å². The predicted octanol–water partition coefficient (Wildman–Crippen LogP) is 22.8. The Morgan fingerprint density at radius 1 is 0.195 bits per heavy atom. The highest BCUT2D eigenvalue weighted by atomic mass is 15.2. The smallest absolute Gasteiger partial charge is 0.0546 e. The lowest BCUT2D eigenvalue weighted by molar-refractivity contribution is 1.26. The highest BCUT2D eigenvalue weighted by Crippen LogP contribution is 2.52. The second kappa shape index (κ2) is 21.1. The summed E-state index contributed by atoms with van der Waals surface area (Å²) in [4.78, 5) is 5.12. The van der Waals surface area contributed by atoms with Crippen molar-refractivity contribution in [1.82, 2.24) is 0 Å². The monoisotopic (exact) mass is 1050 g/mol. The molecule has 0 aliphatic rings. The van der Waals surface area contributed by atoms with Crippen molar-refractivity contribution in [3.63, 3.8) is 0 Å². The van der Waals surface area contributed by atoms with Crippen molar-refractivity contribution in [2.45, 2.75) is 27.7 Å². The molecule has 0 aliphatic carbocycles. The van der Waals surface area contributed by atoms with Crippen LogP contribution >= 0.6 is 0 Å². The molecule has 2 heteroatoms. The van der Waals surface area contributed by atoms with Gasteiger partial charge in [0.05, 0.1) is 22.7 Å². The molecule has 0 saturated carbocycles. The van der Waals surface area contributed by atoms with Gasteiger partial charge in [-0.1, -0.05) is 255 Å². The summed E-state index contributed by atoms with van der Waals surface area (Å²) in [6, 6.07) is 108. The van der Waals surface area contributed by atoms with E-state index in [9.17, 15) is 0 Å². The predicted molar refractivity (Wildman–Crippen MR) is 351 cm³/mol. The van der Waals surface area contributed by atoms with Gasteiger partial charge in [-0.25, -0.2) is 0 Å². The van der Waals surface area contributed by atoms with Crippen LogP contribution in [-0.2, 0) is 0 Å². The number of rotatable bonds is 12. The van der Waals surface area contributed by atoms with Gasteiger partial charge in [0.15, 0.2) is 0 Å². The molecule has 14 aromatic rings. The van der Waals surface area contributed by atoms with Crippen molar-refractivity contribution < 1.29 is 0 Å².